The highest BCUT2D eigenvalue weighted by molar-refractivity contribution is 6.09. The molecule has 1 aliphatic heterocycles. The number of aliphatic hydroxyl groups excluding tert-OH is 1. The Hall–Kier alpha value is -2.36. The second kappa shape index (κ2) is 5.33. The molecule has 0 amide bonds. The molecule has 1 aromatic rings. The largest absolute Gasteiger partial charge is 0.507 e. The zero-order chi connectivity index (χ0) is 14.8. The summed E-state index contributed by atoms with van der Waals surface area (Å²) in [5.74, 6) is -2.17. The molecule has 2 atom stereocenters. The summed E-state index contributed by atoms with van der Waals surface area (Å²) in [6.07, 6.45) is 2.63. The number of allylic oxidation sites excluding steroid dienone is 1. The van der Waals surface area contributed by atoms with Gasteiger partial charge in [-0.1, -0.05) is 43.3 Å². The van der Waals surface area contributed by atoms with Crippen molar-refractivity contribution in [3.63, 3.8) is 0 Å². The summed E-state index contributed by atoms with van der Waals surface area (Å²) in [6, 6.07) is 8.67. The van der Waals surface area contributed by atoms with Crippen LogP contribution in [0.25, 0.3) is 5.76 Å². The van der Waals surface area contributed by atoms with Gasteiger partial charge in [0, 0.05) is 17.1 Å². The molecule has 2 rings (SSSR count). The first-order valence-corrected chi connectivity index (χ1v) is 6.28. The first-order chi connectivity index (χ1) is 9.48. The second-order valence-corrected chi connectivity index (χ2v) is 5.05. The summed E-state index contributed by atoms with van der Waals surface area (Å²) in [7, 11) is 0. The number of benzene rings is 1. The summed E-state index contributed by atoms with van der Waals surface area (Å²) >= 11 is 0. The van der Waals surface area contributed by atoms with Crippen LogP contribution in [0.3, 0.4) is 0 Å². The number of rotatable bonds is 4. The Labute approximate surface area is 117 Å². The van der Waals surface area contributed by atoms with Crippen molar-refractivity contribution in [2.24, 2.45) is 11.3 Å². The van der Waals surface area contributed by atoms with Crippen LogP contribution in [-0.2, 0) is 14.3 Å². The van der Waals surface area contributed by atoms with Crippen LogP contribution in [0, 0.1) is 11.3 Å². The third-order valence-electron chi connectivity index (χ3n) is 3.52. The molecular formula is C16H16O4. The van der Waals surface area contributed by atoms with Crippen molar-refractivity contribution in [3.05, 3.63) is 54.6 Å². The van der Waals surface area contributed by atoms with E-state index in [-0.39, 0.29) is 12.4 Å². The molecule has 20 heavy (non-hydrogen) atoms. The second-order valence-electron chi connectivity index (χ2n) is 5.05. The van der Waals surface area contributed by atoms with Gasteiger partial charge in [-0.25, -0.2) is 0 Å². The highest BCUT2D eigenvalue weighted by Gasteiger charge is 2.48. The van der Waals surface area contributed by atoms with Crippen molar-refractivity contribution < 1.29 is 19.4 Å². The molecule has 0 aromatic heterocycles. The highest BCUT2D eigenvalue weighted by Crippen LogP contribution is 2.37. The van der Waals surface area contributed by atoms with Gasteiger partial charge in [-0.15, -0.1) is 6.58 Å². The van der Waals surface area contributed by atoms with Crippen LogP contribution < -0.4 is 0 Å². The number of carbonyl (C=O) groups is 2. The maximum atomic E-state index is 12.2. The molecular weight excluding hydrogens is 256 g/mol. The molecule has 0 spiro atoms. The lowest BCUT2D eigenvalue weighted by Crippen LogP contribution is -2.31. The zero-order valence-electron chi connectivity index (χ0n) is 11.2. The highest BCUT2D eigenvalue weighted by atomic mass is 16.5. The van der Waals surface area contributed by atoms with Crippen molar-refractivity contribution in [2.75, 3.05) is 6.61 Å². The maximum absolute atomic E-state index is 12.2. The van der Waals surface area contributed by atoms with Crippen LogP contribution >= 0.6 is 0 Å². The fraction of sp³-hybridized carbons (Fsp3) is 0.250. The van der Waals surface area contributed by atoms with Gasteiger partial charge in [-0.05, 0) is 0 Å². The Morgan fingerprint density at radius 3 is 2.70 bits per heavy atom. The average molecular weight is 272 g/mol. The van der Waals surface area contributed by atoms with E-state index in [4.69, 9.17) is 4.74 Å². The molecule has 1 heterocycles. The fourth-order valence-electron chi connectivity index (χ4n) is 2.19. The minimum absolute atomic E-state index is 0.131. The first-order valence-electron chi connectivity index (χ1n) is 6.28. The van der Waals surface area contributed by atoms with Crippen LogP contribution in [-0.4, -0.2) is 23.5 Å². The summed E-state index contributed by atoms with van der Waals surface area (Å²) in [5, 5.41) is 9.94. The molecule has 1 saturated heterocycles. The summed E-state index contributed by atoms with van der Waals surface area (Å²) in [6.45, 7) is 5.52. The van der Waals surface area contributed by atoms with Crippen LogP contribution in [0.5, 0.6) is 0 Å². The average Bonchev–Trinajstić information content (AvgIpc) is 2.76. The van der Waals surface area contributed by atoms with Crippen molar-refractivity contribution >= 4 is 17.5 Å². The predicted octanol–water partition coefficient (Wildman–Crippen LogP) is 2.52. The van der Waals surface area contributed by atoms with Gasteiger partial charge in [-0.3, -0.25) is 9.59 Å². The first kappa shape index (κ1) is 14.1. The van der Waals surface area contributed by atoms with E-state index in [2.05, 4.69) is 6.58 Å². The van der Waals surface area contributed by atoms with Gasteiger partial charge in [0.05, 0.1) is 0 Å². The number of aliphatic hydroxyl groups is 1. The van der Waals surface area contributed by atoms with E-state index in [0.717, 1.165) is 6.08 Å². The van der Waals surface area contributed by atoms with Gasteiger partial charge in [0.25, 0.3) is 0 Å². The minimum Gasteiger partial charge on any atom is -0.507 e. The van der Waals surface area contributed by atoms with Crippen molar-refractivity contribution in [2.45, 2.75) is 6.92 Å². The van der Waals surface area contributed by atoms with E-state index in [1.54, 1.807) is 37.3 Å². The lowest BCUT2D eigenvalue weighted by Gasteiger charge is -2.20. The molecule has 104 valence electrons. The Morgan fingerprint density at radius 1 is 1.45 bits per heavy atom. The van der Waals surface area contributed by atoms with Crippen LogP contribution in [0.15, 0.2) is 49.1 Å². The monoisotopic (exact) mass is 272 g/mol. The number of ketones is 1. The van der Waals surface area contributed by atoms with E-state index in [0.29, 0.717) is 5.56 Å². The minimum atomic E-state index is -0.953. The SMILES string of the molecule is C=CC1(C)COC(=O)C1C(=O)C=C(O)c1ccccc1. The molecule has 0 radical (unpaired) electrons. The number of cyclic esters (lactones) is 1. The molecule has 2 unspecified atom stereocenters. The van der Waals surface area contributed by atoms with E-state index >= 15 is 0 Å². The number of ether oxygens (including phenoxy) is 1. The van der Waals surface area contributed by atoms with E-state index in [1.165, 1.54) is 0 Å². The number of hydrogen-bond donors (Lipinski definition) is 1. The molecule has 1 fully saturated rings. The number of esters is 1. The number of hydrogen-bond acceptors (Lipinski definition) is 4. The quantitative estimate of drug-likeness (QED) is 0.301. The summed E-state index contributed by atoms with van der Waals surface area (Å²) in [4.78, 5) is 23.9. The lowest BCUT2D eigenvalue weighted by atomic mass is 9.77. The normalized spacial score (nSPS) is 26.1. The molecule has 0 saturated carbocycles. The van der Waals surface area contributed by atoms with Gasteiger partial charge in [0.1, 0.15) is 18.3 Å². The van der Waals surface area contributed by atoms with Gasteiger partial charge < -0.3 is 9.84 Å². The van der Waals surface area contributed by atoms with Crippen LogP contribution in [0.4, 0.5) is 0 Å². The Kier molecular flexibility index (Phi) is 3.74. The zero-order valence-corrected chi connectivity index (χ0v) is 11.2. The number of carbonyl (C=O) groups excluding carboxylic acids is 2. The van der Waals surface area contributed by atoms with E-state index in [9.17, 15) is 14.7 Å². The van der Waals surface area contributed by atoms with Gasteiger partial charge in [0.2, 0.25) is 0 Å². The van der Waals surface area contributed by atoms with Crippen molar-refractivity contribution in [1.29, 1.82) is 0 Å². The van der Waals surface area contributed by atoms with Crippen molar-refractivity contribution in [3.8, 4) is 0 Å². The molecule has 0 aliphatic carbocycles. The molecule has 4 heteroatoms. The molecule has 1 aromatic carbocycles. The third kappa shape index (κ3) is 2.50. The fourth-order valence-corrected chi connectivity index (χ4v) is 2.19. The Morgan fingerprint density at radius 2 is 2.10 bits per heavy atom. The van der Waals surface area contributed by atoms with Gasteiger partial charge in [0.15, 0.2) is 5.78 Å². The molecule has 1 aliphatic rings. The summed E-state index contributed by atoms with van der Waals surface area (Å²) < 4.78 is 4.94. The van der Waals surface area contributed by atoms with Gasteiger partial charge in [-0.2, -0.15) is 0 Å². The van der Waals surface area contributed by atoms with E-state index < -0.39 is 23.1 Å². The van der Waals surface area contributed by atoms with Crippen LogP contribution in [0.2, 0.25) is 0 Å². The van der Waals surface area contributed by atoms with Crippen LogP contribution in [0.1, 0.15) is 12.5 Å². The van der Waals surface area contributed by atoms with Gasteiger partial charge >= 0.3 is 5.97 Å². The maximum Gasteiger partial charge on any atom is 0.317 e. The lowest BCUT2D eigenvalue weighted by molar-refractivity contribution is -0.143. The molecule has 0 bridgehead atoms. The standard InChI is InChI=1S/C16H16O4/c1-3-16(2)10-20-15(19)14(16)13(18)9-12(17)11-7-5-4-6-8-11/h3-9,14,17H,1,10H2,2H3. The topological polar surface area (TPSA) is 63.6 Å². The predicted molar refractivity (Wildman–Crippen MR) is 74.8 cm³/mol. The summed E-state index contributed by atoms with van der Waals surface area (Å²) in [5.41, 5.74) is -0.214. The third-order valence-corrected chi connectivity index (χ3v) is 3.52. The molecule has 4 nitrogen and oxygen atoms in total. The smallest absolute Gasteiger partial charge is 0.317 e. The Bertz CT molecular complexity index is 573. The Balaban J connectivity index is 2.28. The molecule has 1 N–H and O–H groups in total. The van der Waals surface area contributed by atoms with E-state index in [1.807, 2.05) is 6.07 Å². The van der Waals surface area contributed by atoms with Crippen molar-refractivity contribution in [1.82, 2.24) is 0 Å².